The number of rotatable bonds is 48. The summed E-state index contributed by atoms with van der Waals surface area (Å²) in [4.78, 5) is 80.3. The molecule has 0 spiro atoms. The molecule has 1 aliphatic carbocycles. The molecule has 0 radical (unpaired) electrons. The number of hydrogen-bond donors (Lipinski definition) is 6. The molecule has 0 aromatic rings. The van der Waals surface area contributed by atoms with Crippen LogP contribution < -0.4 is 31.9 Å². The third-order valence-electron chi connectivity index (χ3n) is 14.4. The Morgan fingerprint density at radius 1 is 0.329 bits per heavy atom. The molecule has 2 atom stereocenters. The van der Waals surface area contributed by atoms with E-state index in [9.17, 15) is 28.8 Å². The fraction of sp³-hybridized carbons (Fsp3) is 0.897. The predicted octanol–water partition coefficient (Wildman–Crippen LogP) is 12.4. The molecule has 0 aliphatic heterocycles. The number of carbonyl (C=O) groups is 6. The van der Waals surface area contributed by atoms with Gasteiger partial charge in [-0.05, 0) is 64.2 Å². The van der Waals surface area contributed by atoms with E-state index in [-0.39, 0.29) is 73.0 Å². The minimum absolute atomic E-state index is 0.107. The van der Waals surface area contributed by atoms with Crippen LogP contribution in [-0.4, -0.2) is 73.7 Å². The Hall–Kier alpha value is -3.18. The lowest BCUT2D eigenvalue weighted by Crippen LogP contribution is -2.51. The Bertz CT molecular complexity index is 1220. The lowest BCUT2D eigenvalue weighted by atomic mass is 9.81. The number of carbonyl (C=O) groups excluding carboxylic acids is 6. The van der Waals surface area contributed by atoms with Crippen LogP contribution in [0.4, 0.5) is 0 Å². The lowest BCUT2D eigenvalue weighted by molar-refractivity contribution is -0.135. The summed E-state index contributed by atoms with van der Waals surface area (Å²) in [7, 11) is 0. The van der Waals surface area contributed by atoms with Gasteiger partial charge in [0.25, 0.3) is 0 Å². The van der Waals surface area contributed by atoms with Crippen LogP contribution in [0.3, 0.4) is 0 Å². The third-order valence-corrected chi connectivity index (χ3v) is 14.4. The fourth-order valence-electron chi connectivity index (χ4n) is 9.62. The molecular weight excluding hydrogens is 877 g/mol. The van der Waals surface area contributed by atoms with E-state index in [1.165, 1.54) is 141 Å². The highest BCUT2D eigenvalue weighted by atomic mass is 16.2. The Labute approximate surface area is 429 Å². The van der Waals surface area contributed by atoms with Gasteiger partial charge in [-0.2, -0.15) is 0 Å². The molecule has 0 bridgehead atoms. The first-order chi connectivity index (χ1) is 34.2. The number of nitrogens with one attached hydrogen (secondary N) is 6. The van der Waals surface area contributed by atoms with Gasteiger partial charge in [0.05, 0.1) is 0 Å². The predicted molar refractivity (Wildman–Crippen MR) is 290 cm³/mol. The van der Waals surface area contributed by atoms with E-state index >= 15 is 0 Å². The Morgan fingerprint density at radius 2 is 0.557 bits per heavy atom. The molecule has 6 N–H and O–H groups in total. The van der Waals surface area contributed by atoms with Gasteiger partial charge in [0, 0.05) is 50.9 Å². The van der Waals surface area contributed by atoms with Crippen molar-refractivity contribution < 1.29 is 28.8 Å². The number of unbranched alkanes of at least 4 members (excludes halogenated alkanes) is 28. The van der Waals surface area contributed by atoms with Crippen molar-refractivity contribution >= 4 is 35.4 Å². The maximum absolute atomic E-state index is 13.7. The van der Waals surface area contributed by atoms with Crippen molar-refractivity contribution in [1.82, 2.24) is 31.9 Å². The molecule has 1 fully saturated rings. The van der Waals surface area contributed by atoms with E-state index in [0.29, 0.717) is 51.9 Å². The van der Waals surface area contributed by atoms with Crippen LogP contribution in [0.2, 0.25) is 0 Å². The number of hydrogen-bond acceptors (Lipinski definition) is 6. The molecule has 0 unspecified atom stereocenters. The molecule has 0 aromatic carbocycles. The minimum atomic E-state index is -0.820. The first kappa shape index (κ1) is 64.8. The van der Waals surface area contributed by atoms with E-state index in [4.69, 9.17) is 0 Å². The fourth-order valence-corrected chi connectivity index (χ4v) is 9.62. The van der Waals surface area contributed by atoms with Crippen molar-refractivity contribution in [2.75, 3.05) is 26.2 Å². The van der Waals surface area contributed by atoms with Crippen molar-refractivity contribution in [3.8, 4) is 0 Å². The summed E-state index contributed by atoms with van der Waals surface area (Å²) in [5, 5.41) is 18.1. The van der Waals surface area contributed by atoms with E-state index < -0.39 is 12.1 Å². The van der Waals surface area contributed by atoms with E-state index in [1.807, 2.05) is 0 Å². The third kappa shape index (κ3) is 36.7. The molecule has 70 heavy (non-hydrogen) atoms. The summed E-state index contributed by atoms with van der Waals surface area (Å²) in [5.74, 6) is -1.89. The standard InChI is InChI=1S/C58H110N6O6/c1-5-9-13-17-21-25-29-33-45-59-53(65)43-41-51(57(69)61-47-35-31-27-23-19-15-11-7-3)63-55(67)49-37-39-50(40-38-49)56(68)64-52(58(70)62-48-36-32-28-24-20-16-12-8-4)42-44-54(66)60-46-34-30-26-22-18-14-10-6-2/h49-52H,5-48H2,1-4H3,(H,59,65)(H,60,66)(H,61,69)(H,62,70)(H,63,67)(H,64,68)/t49?,50?,51-,52-/m0/s1. The normalized spacial score (nSPS) is 15.4. The van der Waals surface area contributed by atoms with Crippen LogP contribution in [0.25, 0.3) is 0 Å². The van der Waals surface area contributed by atoms with Crippen molar-refractivity contribution in [3.05, 3.63) is 0 Å². The van der Waals surface area contributed by atoms with Gasteiger partial charge in [-0.1, -0.05) is 207 Å². The van der Waals surface area contributed by atoms with Crippen LogP contribution >= 0.6 is 0 Å². The molecule has 0 heterocycles. The molecule has 408 valence electrons. The Kier molecular flexibility index (Phi) is 43.4. The summed E-state index contributed by atoms with van der Waals surface area (Å²) in [6, 6.07) is -1.64. The summed E-state index contributed by atoms with van der Waals surface area (Å²) < 4.78 is 0. The largest absolute Gasteiger partial charge is 0.356 e. The Balaban J connectivity index is 2.76. The highest BCUT2D eigenvalue weighted by Crippen LogP contribution is 2.29. The molecule has 12 heteroatoms. The van der Waals surface area contributed by atoms with E-state index in [0.717, 1.165) is 64.2 Å². The van der Waals surface area contributed by atoms with Crippen molar-refractivity contribution in [2.45, 2.75) is 297 Å². The highest BCUT2D eigenvalue weighted by molar-refractivity contribution is 5.90. The van der Waals surface area contributed by atoms with Crippen molar-refractivity contribution in [2.24, 2.45) is 11.8 Å². The topological polar surface area (TPSA) is 175 Å². The van der Waals surface area contributed by atoms with Crippen molar-refractivity contribution in [3.63, 3.8) is 0 Å². The molecule has 1 saturated carbocycles. The SMILES string of the molecule is CCCCCCCCCCNC(=O)CC[C@H](NC(=O)C1CCC(C(=O)N[C@@H](CCC(=O)NCCCCCCCCCC)C(=O)NCCCCCCCCCC)CC1)C(=O)NCCCCCCCCCC. The van der Waals surface area contributed by atoms with Gasteiger partial charge in [-0.15, -0.1) is 0 Å². The second kappa shape index (κ2) is 46.9. The van der Waals surface area contributed by atoms with Crippen LogP contribution in [0, 0.1) is 11.8 Å². The molecule has 0 saturated heterocycles. The van der Waals surface area contributed by atoms with Gasteiger partial charge >= 0.3 is 0 Å². The smallest absolute Gasteiger partial charge is 0.242 e. The number of amides is 6. The maximum Gasteiger partial charge on any atom is 0.242 e. The zero-order valence-electron chi connectivity index (χ0n) is 45.9. The van der Waals surface area contributed by atoms with E-state index in [1.54, 1.807) is 0 Å². The van der Waals surface area contributed by atoms with Gasteiger partial charge in [0.1, 0.15) is 12.1 Å². The second-order valence-corrected chi connectivity index (χ2v) is 20.9. The second-order valence-electron chi connectivity index (χ2n) is 20.9. The van der Waals surface area contributed by atoms with Gasteiger partial charge < -0.3 is 31.9 Å². The van der Waals surface area contributed by atoms with Crippen LogP contribution in [0.1, 0.15) is 285 Å². The average Bonchev–Trinajstić information content (AvgIpc) is 3.36. The quantitative estimate of drug-likeness (QED) is 0.0331. The minimum Gasteiger partial charge on any atom is -0.356 e. The maximum atomic E-state index is 13.7. The zero-order chi connectivity index (χ0) is 51.1. The van der Waals surface area contributed by atoms with E-state index in [2.05, 4.69) is 59.6 Å². The summed E-state index contributed by atoms with van der Waals surface area (Å²) in [6.07, 6.45) is 40.3. The van der Waals surface area contributed by atoms with Gasteiger partial charge in [-0.25, -0.2) is 0 Å². The van der Waals surface area contributed by atoms with Gasteiger partial charge in [0.15, 0.2) is 0 Å². The first-order valence-electron chi connectivity index (χ1n) is 29.9. The Morgan fingerprint density at radius 3 is 0.814 bits per heavy atom. The molecule has 0 aromatic heterocycles. The zero-order valence-corrected chi connectivity index (χ0v) is 45.9. The molecule has 12 nitrogen and oxygen atoms in total. The molecule has 1 aliphatic rings. The summed E-state index contributed by atoms with van der Waals surface area (Å²) in [6.45, 7) is 11.2. The molecular formula is C58H110N6O6. The van der Waals surface area contributed by atoms with Crippen LogP contribution in [-0.2, 0) is 28.8 Å². The van der Waals surface area contributed by atoms with Gasteiger partial charge in [0.2, 0.25) is 35.4 Å². The monoisotopic (exact) mass is 987 g/mol. The highest BCUT2D eigenvalue weighted by Gasteiger charge is 2.34. The molecule has 1 rings (SSSR count). The average molecular weight is 988 g/mol. The molecule has 6 amide bonds. The summed E-state index contributed by atoms with van der Waals surface area (Å²) in [5.41, 5.74) is 0. The van der Waals surface area contributed by atoms with Crippen LogP contribution in [0.5, 0.6) is 0 Å². The van der Waals surface area contributed by atoms with Gasteiger partial charge in [-0.3, -0.25) is 28.8 Å². The van der Waals surface area contributed by atoms with Crippen molar-refractivity contribution in [1.29, 1.82) is 0 Å². The first-order valence-corrected chi connectivity index (χ1v) is 29.9. The summed E-state index contributed by atoms with van der Waals surface area (Å²) >= 11 is 0. The van der Waals surface area contributed by atoms with Crippen LogP contribution in [0.15, 0.2) is 0 Å². The lowest BCUT2D eigenvalue weighted by Gasteiger charge is -2.29.